The van der Waals surface area contributed by atoms with Gasteiger partial charge in [-0.15, -0.1) is 0 Å². The van der Waals surface area contributed by atoms with Crippen molar-refractivity contribution in [3.8, 4) is 5.75 Å². The van der Waals surface area contributed by atoms with Crippen LogP contribution < -0.4 is 10.1 Å². The molecule has 0 unspecified atom stereocenters. The summed E-state index contributed by atoms with van der Waals surface area (Å²) in [5, 5.41) is 2.62. The molecule has 0 radical (unpaired) electrons. The average Bonchev–Trinajstić information content (AvgIpc) is 2.91. The number of sulfone groups is 1. The molecule has 2 rings (SSSR count). The smallest absolute Gasteiger partial charge is 0.339 e. The number of amides is 1. The Hall–Kier alpha value is -2.09. The van der Waals surface area contributed by atoms with E-state index in [1.807, 2.05) is 13.8 Å². The van der Waals surface area contributed by atoms with Crippen LogP contribution in [0.3, 0.4) is 0 Å². The molecule has 2 atom stereocenters. The zero-order valence-corrected chi connectivity index (χ0v) is 16.0. The number of benzene rings is 1. The van der Waals surface area contributed by atoms with Crippen molar-refractivity contribution in [3.63, 3.8) is 0 Å². The molecule has 1 fully saturated rings. The van der Waals surface area contributed by atoms with Crippen LogP contribution in [0.2, 0.25) is 0 Å². The van der Waals surface area contributed by atoms with Crippen LogP contribution >= 0.6 is 0 Å². The maximum absolute atomic E-state index is 12.2. The Kier molecular flexibility index (Phi) is 6.63. The Morgan fingerprint density at radius 2 is 2.00 bits per heavy atom. The molecule has 1 heterocycles. The van der Waals surface area contributed by atoms with Crippen molar-refractivity contribution in [2.45, 2.75) is 39.3 Å². The summed E-state index contributed by atoms with van der Waals surface area (Å²) in [7, 11) is -3.09. The van der Waals surface area contributed by atoms with Gasteiger partial charge < -0.3 is 14.8 Å². The van der Waals surface area contributed by atoms with E-state index in [4.69, 9.17) is 9.47 Å². The van der Waals surface area contributed by atoms with Crippen molar-refractivity contribution in [3.05, 3.63) is 29.8 Å². The van der Waals surface area contributed by atoms with Gasteiger partial charge in [-0.3, -0.25) is 4.79 Å². The van der Waals surface area contributed by atoms with E-state index in [9.17, 15) is 18.0 Å². The SMILES string of the molecule is CC(C)COc1cccc(C(=O)O[C@@H](C)C(=O)N[C@H]2CCS(=O)(=O)C2)c1. The quantitative estimate of drug-likeness (QED) is 0.718. The van der Waals surface area contributed by atoms with Crippen molar-refractivity contribution in [2.24, 2.45) is 5.92 Å². The summed E-state index contributed by atoms with van der Waals surface area (Å²) in [6.45, 7) is 6.03. The summed E-state index contributed by atoms with van der Waals surface area (Å²) in [6.07, 6.45) is -0.643. The fourth-order valence-electron chi connectivity index (χ4n) is 2.49. The van der Waals surface area contributed by atoms with E-state index in [0.717, 1.165) is 0 Å². The number of esters is 1. The van der Waals surface area contributed by atoms with E-state index in [1.54, 1.807) is 24.3 Å². The summed E-state index contributed by atoms with van der Waals surface area (Å²) < 4.78 is 33.6. The molecule has 1 aromatic rings. The first-order valence-electron chi connectivity index (χ1n) is 8.61. The Bertz CT molecular complexity index is 759. The van der Waals surface area contributed by atoms with Crippen LogP contribution in [0.25, 0.3) is 0 Å². The molecular formula is C18H25NO6S. The van der Waals surface area contributed by atoms with Gasteiger partial charge in [0.1, 0.15) is 5.75 Å². The van der Waals surface area contributed by atoms with E-state index < -0.39 is 33.9 Å². The summed E-state index contributed by atoms with van der Waals surface area (Å²) in [5.41, 5.74) is 0.286. The second-order valence-electron chi connectivity index (χ2n) is 6.89. The minimum absolute atomic E-state index is 0.0648. The van der Waals surface area contributed by atoms with Gasteiger partial charge in [0, 0.05) is 6.04 Å². The number of hydrogen-bond acceptors (Lipinski definition) is 6. The topological polar surface area (TPSA) is 98.8 Å². The number of ether oxygens (including phenoxy) is 2. The molecule has 1 amide bonds. The second kappa shape index (κ2) is 8.53. The third-order valence-corrected chi connectivity index (χ3v) is 5.65. The van der Waals surface area contributed by atoms with Crippen LogP contribution in [0.15, 0.2) is 24.3 Å². The monoisotopic (exact) mass is 383 g/mol. The van der Waals surface area contributed by atoms with Crippen molar-refractivity contribution < 1.29 is 27.5 Å². The molecule has 0 aliphatic carbocycles. The molecule has 0 spiro atoms. The van der Waals surface area contributed by atoms with E-state index in [2.05, 4.69) is 5.32 Å². The first kappa shape index (κ1) is 20.2. The summed E-state index contributed by atoms with van der Waals surface area (Å²) in [6, 6.07) is 6.15. The Labute approximate surface area is 154 Å². The molecule has 0 aromatic heterocycles. The number of rotatable bonds is 7. The lowest BCUT2D eigenvalue weighted by molar-refractivity contribution is -0.129. The molecule has 1 aliphatic heterocycles. The predicted octanol–water partition coefficient (Wildman–Crippen LogP) is 1.57. The zero-order valence-electron chi connectivity index (χ0n) is 15.2. The highest BCUT2D eigenvalue weighted by atomic mass is 32.2. The summed E-state index contributed by atoms with van der Waals surface area (Å²) in [4.78, 5) is 24.3. The Balaban J connectivity index is 1.90. The van der Waals surface area contributed by atoms with Gasteiger partial charge in [0.05, 0.1) is 23.7 Å². The number of nitrogens with one attached hydrogen (secondary N) is 1. The van der Waals surface area contributed by atoms with E-state index in [-0.39, 0.29) is 17.1 Å². The van der Waals surface area contributed by atoms with E-state index >= 15 is 0 Å². The maximum atomic E-state index is 12.2. The lowest BCUT2D eigenvalue weighted by Crippen LogP contribution is -2.42. The Morgan fingerprint density at radius 1 is 1.27 bits per heavy atom. The highest BCUT2D eigenvalue weighted by Crippen LogP contribution is 2.16. The molecule has 1 aromatic carbocycles. The molecule has 1 aliphatic rings. The summed E-state index contributed by atoms with van der Waals surface area (Å²) >= 11 is 0. The van der Waals surface area contributed by atoms with Crippen LogP contribution in [0.4, 0.5) is 0 Å². The third kappa shape index (κ3) is 6.01. The van der Waals surface area contributed by atoms with E-state index in [0.29, 0.717) is 24.7 Å². The molecule has 1 saturated heterocycles. The van der Waals surface area contributed by atoms with Crippen LogP contribution in [0.5, 0.6) is 5.75 Å². The molecular weight excluding hydrogens is 358 g/mol. The normalized spacial score (nSPS) is 19.8. The van der Waals surface area contributed by atoms with Crippen molar-refractivity contribution >= 4 is 21.7 Å². The van der Waals surface area contributed by atoms with Gasteiger partial charge in [-0.1, -0.05) is 19.9 Å². The number of carbonyl (C=O) groups is 2. The van der Waals surface area contributed by atoms with Gasteiger partial charge in [0.25, 0.3) is 5.91 Å². The van der Waals surface area contributed by atoms with Gasteiger partial charge in [-0.05, 0) is 37.5 Å². The minimum Gasteiger partial charge on any atom is -0.493 e. The third-order valence-electron chi connectivity index (χ3n) is 3.88. The van der Waals surface area contributed by atoms with Crippen LogP contribution in [-0.4, -0.2) is 50.6 Å². The lowest BCUT2D eigenvalue weighted by Gasteiger charge is -2.17. The highest BCUT2D eigenvalue weighted by Gasteiger charge is 2.30. The average molecular weight is 383 g/mol. The minimum atomic E-state index is -3.09. The van der Waals surface area contributed by atoms with Gasteiger partial charge in [-0.2, -0.15) is 0 Å². The molecule has 8 heteroatoms. The number of carbonyl (C=O) groups excluding carboxylic acids is 2. The van der Waals surface area contributed by atoms with Gasteiger partial charge in [0.2, 0.25) is 0 Å². The van der Waals surface area contributed by atoms with Crippen LogP contribution in [-0.2, 0) is 19.4 Å². The Morgan fingerprint density at radius 3 is 2.62 bits per heavy atom. The zero-order chi connectivity index (χ0) is 19.3. The van der Waals surface area contributed by atoms with Gasteiger partial charge >= 0.3 is 5.97 Å². The fraction of sp³-hybridized carbons (Fsp3) is 0.556. The fourth-order valence-corrected chi connectivity index (χ4v) is 4.16. The van der Waals surface area contributed by atoms with E-state index in [1.165, 1.54) is 6.92 Å². The van der Waals surface area contributed by atoms with Gasteiger partial charge in [-0.25, -0.2) is 13.2 Å². The maximum Gasteiger partial charge on any atom is 0.339 e. The first-order valence-corrected chi connectivity index (χ1v) is 10.4. The van der Waals surface area contributed by atoms with Crippen LogP contribution in [0, 0.1) is 5.92 Å². The highest BCUT2D eigenvalue weighted by molar-refractivity contribution is 7.91. The van der Waals surface area contributed by atoms with Gasteiger partial charge in [0.15, 0.2) is 15.9 Å². The number of hydrogen-bond donors (Lipinski definition) is 1. The molecule has 0 saturated carbocycles. The molecule has 7 nitrogen and oxygen atoms in total. The second-order valence-corrected chi connectivity index (χ2v) is 9.12. The van der Waals surface area contributed by atoms with Crippen LogP contribution in [0.1, 0.15) is 37.6 Å². The first-order chi connectivity index (χ1) is 12.2. The lowest BCUT2D eigenvalue weighted by atomic mass is 10.2. The molecule has 1 N–H and O–H groups in total. The molecule has 26 heavy (non-hydrogen) atoms. The predicted molar refractivity (Wildman–Crippen MR) is 96.9 cm³/mol. The van der Waals surface area contributed by atoms with Crippen molar-refractivity contribution in [1.29, 1.82) is 0 Å². The molecule has 0 bridgehead atoms. The standard InChI is InChI=1S/C18H25NO6S/c1-12(2)10-24-16-6-4-5-14(9-16)18(21)25-13(3)17(20)19-15-7-8-26(22,23)11-15/h4-6,9,12-13,15H,7-8,10-11H2,1-3H3,(H,19,20)/t13-,15-/m0/s1. The van der Waals surface area contributed by atoms with Crippen molar-refractivity contribution in [2.75, 3.05) is 18.1 Å². The van der Waals surface area contributed by atoms with Crippen molar-refractivity contribution in [1.82, 2.24) is 5.32 Å². The summed E-state index contributed by atoms with van der Waals surface area (Å²) in [5.74, 6) is -0.242. The largest absolute Gasteiger partial charge is 0.493 e. The molecule has 144 valence electrons.